The van der Waals surface area contributed by atoms with E-state index in [0.29, 0.717) is 22.4 Å². The molecule has 2 aromatic rings. The van der Waals surface area contributed by atoms with Crippen LogP contribution in [-0.4, -0.2) is 36.6 Å². The first-order valence-corrected chi connectivity index (χ1v) is 9.26. The number of aryl methyl sites for hydroxylation is 1. The van der Waals surface area contributed by atoms with Gasteiger partial charge in [0, 0.05) is 30.2 Å². The van der Waals surface area contributed by atoms with Gasteiger partial charge < -0.3 is 14.8 Å². The largest absolute Gasteiger partial charge is 0.453 e. The highest BCUT2D eigenvalue weighted by Crippen LogP contribution is 2.33. The molecule has 0 aliphatic carbocycles. The summed E-state index contributed by atoms with van der Waals surface area (Å²) < 4.78 is 13.2. The Morgan fingerprint density at radius 2 is 1.80 bits per heavy atom. The van der Waals surface area contributed by atoms with E-state index in [1.807, 2.05) is 4.68 Å². The Balaban J connectivity index is 2.18. The van der Waals surface area contributed by atoms with Crippen LogP contribution >= 0.6 is 23.2 Å². The van der Waals surface area contributed by atoms with Crippen molar-refractivity contribution in [3.8, 4) is 11.5 Å². The second-order valence-corrected chi connectivity index (χ2v) is 6.48. The molecule has 7 heteroatoms. The molecule has 5 nitrogen and oxygen atoms in total. The average molecular weight is 386 g/mol. The molecule has 0 fully saturated rings. The molecule has 2 rings (SSSR count). The number of ether oxygens (including phenoxy) is 2. The minimum atomic E-state index is 0.549. The molecule has 0 amide bonds. The third-order valence-corrected chi connectivity index (χ3v) is 4.22. The summed E-state index contributed by atoms with van der Waals surface area (Å²) in [6.07, 6.45) is 1.62. The standard InChI is InChI=1S/C18H25Cl2N3O2/c1-4-16-18(25-15-11-13(19)10-14(20)12-15)17(5-2)23(22-16)8-6-21-7-9-24-3/h10-12,21H,4-9H2,1-3H3. The van der Waals surface area contributed by atoms with Crippen molar-refractivity contribution < 1.29 is 9.47 Å². The van der Waals surface area contributed by atoms with Gasteiger partial charge in [-0.3, -0.25) is 4.68 Å². The summed E-state index contributed by atoms with van der Waals surface area (Å²) in [5, 5.41) is 9.15. The van der Waals surface area contributed by atoms with Crippen molar-refractivity contribution in [1.82, 2.24) is 15.1 Å². The summed E-state index contributed by atoms with van der Waals surface area (Å²) in [7, 11) is 1.70. The number of hydrogen-bond donors (Lipinski definition) is 1. The quantitative estimate of drug-likeness (QED) is 0.617. The number of rotatable bonds is 10. The van der Waals surface area contributed by atoms with Crippen LogP contribution in [0.15, 0.2) is 18.2 Å². The highest BCUT2D eigenvalue weighted by Gasteiger charge is 2.18. The van der Waals surface area contributed by atoms with Gasteiger partial charge in [-0.25, -0.2) is 0 Å². The van der Waals surface area contributed by atoms with Crippen LogP contribution in [-0.2, 0) is 24.1 Å². The molecule has 0 bridgehead atoms. The molecule has 25 heavy (non-hydrogen) atoms. The molecule has 1 aromatic carbocycles. The van der Waals surface area contributed by atoms with Crippen molar-refractivity contribution in [2.75, 3.05) is 26.8 Å². The summed E-state index contributed by atoms with van der Waals surface area (Å²) in [6.45, 7) is 7.29. The zero-order chi connectivity index (χ0) is 18.2. The van der Waals surface area contributed by atoms with Gasteiger partial charge in [0.2, 0.25) is 0 Å². The number of halogens is 2. The van der Waals surface area contributed by atoms with Gasteiger partial charge in [-0.15, -0.1) is 0 Å². The van der Waals surface area contributed by atoms with Crippen molar-refractivity contribution in [2.45, 2.75) is 33.2 Å². The second-order valence-electron chi connectivity index (χ2n) is 5.60. The molecule has 0 saturated carbocycles. The van der Waals surface area contributed by atoms with Gasteiger partial charge in [0.25, 0.3) is 0 Å². The summed E-state index contributed by atoms with van der Waals surface area (Å²) >= 11 is 12.2. The zero-order valence-electron chi connectivity index (χ0n) is 14.9. The molecule has 138 valence electrons. The first kappa shape index (κ1) is 20.0. The average Bonchev–Trinajstić information content (AvgIpc) is 2.90. The van der Waals surface area contributed by atoms with Crippen LogP contribution in [0.3, 0.4) is 0 Å². The molecule has 1 N–H and O–H groups in total. The van der Waals surface area contributed by atoms with Gasteiger partial charge in [0.15, 0.2) is 5.75 Å². The highest BCUT2D eigenvalue weighted by atomic mass is 35.5. The molecular formula is C18H25Cl2N3O2. The highest BCUT2D eigenvalue weighted by molar-refractivity contribution is 6.34. The van der Waals surface area contributed by atoms with Crippen molar-refractivity contribution in [1.29, 1.82) is 0 Å². The van der Waals surface area contributed by atoms with Crippen molar-refractivity contribution >= 4 is 23.2 Å². The maximum atomic E-state index is 6.12. The molecule has 0 radical (unpaired) electrons. The van der Waals surface area contributed by atoms with Crippen LogP contribution in [0.25, 0.3) is 0 Å². The summed E-state index contributed by atoms with van der Waals surface area (Å²) in [4.78, 5) is 0. The van der Waals surface area contributed by atoms with E-state index in [9.17, 15) is 0 Å². The van der Waals surface area contributed by atoms with E-state index < -0.39 is 0 Å². The fourth-order valence-corrected chi connectivity index (χ4v) is 3.11. The Labute approximate surface area is 159 Å². The lowest BCUT2D eigenvalue weighted by atomic mass is 10.2. The SMILES string of the molecule is CCc1nn(CCNCCOC)c(CC)c1Oc1cc(Cl)cc(Cl)c1. The number of aromatic nitrogens is 2. The molecule has 0 atom stereocenters. The topological polar surface area (TPSA) is 48.3 Å². The Morgan fingerprint density at radius 1 is 1.08 bits per heavy atom. The van der Waals surface area contributed by atoms with Crippen molar-refractivity contribution in [3.05, 3.63) is 39.6 Å². The molecular weight excluding hydrogens is 361 g/mol. The van der Waals surface area contributed by atoms with Crippen LogP contribution in [0.2, 0.25) is 10.0 Å². The predicted octanol–water partition coefficient (Wildman–Crippen LogP) is 4.34. The molecule has 0 aliphatic rings. The van der Waals surface area contributed by atoms with Gasteiger partial charge in [0.1, 0.15) is 11.4 Å². The normalized spacial score (nSPS) is 11.1. The smallest absolute Gasteiger partial charge is 0.171 e. The van der Waals surface area contributed by atoms with E-state index in [1.165, 1.54) is 0 Å². The Kier molecular flexibility index (Phi) is 8.03. The van der Waals surface area contributed by atoms with Crippen LogP contribution in [0, 0.1) is 0 Å². The Morgan fingerprint density at radius 3 is 2.40 bits per heavy atom. The summed E-state index contributed by atoms with van der Waals surface area (Å²) in [5.41, 5.74) is 2.01. The molecule has 0 saturated heterocycles. The van der Waals surface area contributed by atoms with E-state index in [0.717, 1.165) is 49.6 Å². The molecule has 0 aliphatic heterocycles. The van der Waals surface area contributed by atoms with Crippen LogP contribution < -0.4 is 10.1 Å². The third-order valence-electron chi connectivity index (χ3n) is 3.79. The first-order valence-electron chi connectivity index (χ1n) is 8.51. The second kappa shape index (κ2) is 10.0. The zero-order valence-corrected chi connectivity index (χ0v) is 16.5. The Bertz CT molecular complexity index is 669. The van der Waals surface area contributed by atoms with E-state index >= 15 is 0 Å². The van der Waals surface area contributed by atoms with Crippen molar-refractivity contribution in [3.63, 3.8) is 0 Å². The number of nitrogens with one attached hydrogen (secondary N) is 1. The Hall–Kier alpha value is -1.27. The maximum Gasteiger partial charge on any atom is 0.171 e. The minimum absolute atomic E-state index is 0.549. The number of methoxy groups -OCH3 is 1. The van der Waals surface area contributed by atoms with Crippen LogP contribution in [0.1, 0.15) is 25.2 Å². The lowest BCUT2D eigenvalue weighted by Crippen LogP contribution is -2.24. The fourth-order valence-electron chi connectivity index (χ4n) is 2.60. The van der Waals surface area contributed by atoms with Gasteiger partial charge in [0.05, 0.1) is 18.8 Å². The lowest BCUT2D eigenvalue weighted by molar-refractivity contribution is 0.199. The number of nitrogens with zero attached hydrogens (tertiary/aromatic N) is 2. The fraction of sp³-hybridized carbons (Fsp3) is 0.500. The maximum absolute atomic E-state index is 6.12. The van der Waals surface area contributed by atoms with Gasteiger partial charge in [-0.2, -0.15) is 5.10 Å². The molecule has 0 unspecified atom stereocenters. The summed E-state index contributed by atoms with van der Waals surface area (Å²) in [6, 6.07) is 5.21. The van der Waals surface area contributed by atoms with E-state index in [4.69, 9.17) is 37.8 Å². The van der Waals surface area contributed by atoms with Crippen LogP contribution in [0.4, 0.5) is 0 Å². The van der Waals surface area contributed by atoms with Gasteiger partial charge in [-0.1, -0.05) is 37.0 Å². The predicted molar refractivity (Wildman–Crippen MR) is 102 cm³/mol. The van der Waals surface area contributed by atoms with Gasteiger partial charge >= 0.3 is 0 Å². The van der Waals surface area contributed by atoms with E-state index in [-0.39, 0.29) is 0 Å². The molecule has 1 aromatic heterocycles. The lowest BCUT2D eigenvalue weighted by Gasteiger charge is -2.10. The monoisotopic (exact) mass is 385 g/mol. The number of hydrogen-bond acceptors (Lipinski definition) is 4. The minimum Gasteiger partial charge on any atom is -0.453 e. The molecule has 0 spiro atoms. The van der Waals surface area contributed by atoms with E-state index in [1.54, 1.807) is 25.3 Å². The first-order chi connectivity index (χ1) is 12.1. The summed E-state index contributed by atoms with van der Waals surface area (Å²) in [5.74, 6) is 1.43. The van der Waals surface area contributed by atoms with Crippen molar-refractivity contribution in [2.24, 2.45) is 0 Å². The third kappa shape index (κ3) is 5.61. The van der Waals surface area contributed by atoms with Crippen LogP contribution in [0.5, 0.6) is 11.5 Å². The van der Waals surface area contributed by atoms with Gasteiger partial charge in [-0.05, 0) is 31.0 Å². The molecule has 1 heterocycles. The number of benzene rings is 1. The van der Waals surface area contributed by atoms with E-state index in [2.05, 4.69) is 19.2 Å².